The fraction of sp³-hybridized carbons (Fsp3) is 0.364. The first kappa shape index (κ1) is 8.00. The van der Waals surface area contributed by atoms with Gasteiger partial charge in [0, 0.05) is 11.3 Å². The van der Waals surface area contributed by atoms with E-state index in [1.54, 1.807) is 0 Å². The summed E-state index contributed by atoms with van der Waals surface area (Å²) in [5.74, 6) is 0.108. The first-order chi connectivity index (χ1) is 6.83. The highest BCUT2D eigenvalue weighted by Crippen LogP contribution is 2.41. The minimum Gasteiger partial charge on any atom is -0.324 e. The summed E-state index contributed by atoms with van der Waals surface area (Å²) in [4.78, 5) is 11.9. The lowest BCUT2D eigenvalue weighted by molar-refractivity contribution is -0.121. The van der Waals surface area contributed by atoms with Gasteiger partial charge in [-0.15, -0.1) is 0 Å². The molecule has 0 aliphatic carbocycles. The lowest BCUT2D eigenvalue weighted by Gasteiger charge is -2.21. The van der Waals surface area contributed by atoms with Gasteiger partial charge in [0.15, 0.2) is 0 Å². The van der Waals surface area contributed by atoms with E-state index in [1.165, 1.54) is 0 Å². The van der Waals surface area contributed by atoms with Gasteiger partial charge < -0.3 is 5.32 Å². The summed E-state index contributed by atoms with van der Waals surface area (Å²) in [6, 6.07) is 7.93. The van der Waals surface area contributed by atoms with Crippen LogP contribution in [-0.2, 0) is 10.3 Å². The van der Waals surface area contributed by atoms with Gasteiger partial charge in [0.25, 0.3) is 0 Å². The summed E-state index contributed by atoms with van der Waals surface area (Å²) in [7, 11) is 0. The Morgan fingerprint density at radius 2 is 2.14 bits per heavy atom. The van der Waals surface area contributed by atoms with Gasteiger partial charge in [0.2, 0.25) is 5.91 Å². The van der Waals surface area contributed by atoms with Crippen LogP contribution in [0.2, 0.25) is 0 Å². The molecule has 1 atom stereocenters. The normalized spacial score (nSPS) is 29.3. The number of para-hydroxylation sites is 1. The van der Waals surface area contributed by atoms with Crippen LogP contribution in [0.5, 0.6) is 0 Å². The Hall–Kier alpha value is -1.35. The minimum absolute atomic E-state index is 0.108. The van der Waals surface area contributed by atoms with Crippen molar-refractivity contribution in [3.05, 3.63) is 29.8 Å². The molecule has 0 radical (unpaired) electrons. The van der Waals surface area contributed by atoms with E-state index in [1.807, 2.05) is 24.3 Å². The Labute approximate surface area is 82.5 Å². The number of nitrogens with one attached hydrogen (secondary N) is 2. The highest BCUT2D eigenvalue weighted by molar-refractivity contribution is 6.06. The van der Waals surface area contributed by atoms with Crippen molar-refractivity contribution in [3.63, 3.8) is 0 Å². The van der Waals surface area contributed by atoms with E-state index in [2.05, 4.69) is 10.6 Å². The van der Waals surface area contributed by atoms with Crippen LogP contribution in [-0.4, -0.2) is 12.5 Å². The number of anilines is 1. The molecule has 3 nitrogen and oxygen atoms in total. The zero-order chi connectivity index (χ0) is 9.60. The Kier molecular flexibility index (Phi) is 1.47. The molecule has 1 fully saturated rings. The predicted molar refractivity (Wildman–Crippen MR) is 54.0 cm³/mol. The third kappa shape index (κ3) is 0.826. The molecule has 3 heteroatoms. The van der Waals surface area contributed by atoms with E-state index in [0.717, 1.165) is 30.6 Å². The second-order valence-electron chi connectivity index (χ2n) is 3.94. The van der Waals surface area contributed by atoms with Crippen molar-refractivity contribution in [2.24, 2.45) is 0 Å². The average molecular weight is 188 g/mol. The minimum atomic E-state index is -0.420. The van der Waals surface area contributed by atoms with Crippen molar-refractivity contribution in [3.8, 4) is 0 Å². The molecule has 1 aromatic rings. The summed E-state index contributed by atoms with van der Waals surface area (Å²) in [6.07, 6.45) is 1.98. The van der Waals surface area contributed by atoms with Gasteiger partial charge in [-0.05, 0) is 25.5 Å². The number of fused-ring (bicyclic) bond motifs is 2. The molecular formula is C11H12N2O. The summed E-state index contributed by atoms with van der Waals surface area (Å²) in [5.41, 5.74) is 1.66. The largest absolute Gasteiger partial charge is 0.324 e. The van der Waals surface area contributed by atoms with Gasteiger partial charge in [-0.25, -0.2) is 0 Å². The standard InChI is InChI=1S/C11H12N2O/c14-10-11(6-3-7-12-11)8-4-1-2-5-9(8)13-10/h1-2,4-5,12H,3,6-7H2,(H,13,14). The van der Waals surface area contributed by atoms with Crippen LogP contribution in [0.1, 0.15) is 18.4 Å². The Balaban J connectivity index is 2.18. The van der Waals surface area contributed by atoms with E-state index in [0.29, 0.717) is 0 Å². The number of rotatable bonds is 0. The molecule has 2 aliphatic heterocycles. The van der Waals surface area contributed by atoms with Crippen molar-refractivity contribution in [2.45, 2.75) is 18.4 Å². The van der Waals surface area contributed by atoms with E-state index in [-0.39, 0.29) is 5.91 Å². The molecule has 2 aliphatic rings. The van der Waals surface area contributed by atoms with Crippen LogP contribution in [0.4, 0.5) is 5.69 Å². The van der Waals surface area contributed by atoms with Crippen LogP contribution in [0.3, 0.4) is 0 Å². The molecule has 0 aromatic heterocycles. The van der Waals surface area contributed by atoms with E-state index >= 15 is 0 Å². The van der Waals surface area contributed by atoms with Crippen LogP contribution in [0.25, 0.3) is 0 Å². The molecular weight excluding hydrogens is 176 g/mol. The maximum atomic E-state index is 11.9. The van der Waals surface area contributed by atoms with Crippen molar-refractivity contribution >= 4 is 11.6 Å². The van der Waals surface area contributed by atoms with Crippen molar-refractivity contribution in [2.75, 3.05) is 11.9 Å². The molecule has 0 saturated carbocycles. The van der Waals surface area contributed by atoms with Crippen molar-refractivity contribution in [1.82, 2.24) is 5.32 Å². The summed E-state index contributed by atoms with van der Waals surface area (Å²) in [6.45, 7) is 0.932. The number of amides is 1. The van der Waals surface area contributed by atoms with Gasteiger partial charge in [0.1, 0.15) is 5.54 Å². The number of benzene rings is 1. The van der Waals surface area contributed by atoms with Gasteiger partial charge in [-0.3, -0.25) is 10.1 Å². The summed E-state index contributed by atoms with van der Waals surface area (Å²) in [5, 5.41) is 6.25. The fourth-order valence-electron chi connectivity index (χ4n) is 2.48. The number of carbonyl (C=O) groups is 1. The van der Waals surface area contributed by atoms with Crippen molar-refractivity contribution in [1.29, 1.82) is 0 Å². The third-order valence-corrected chi connectivity index (χ3v) is 3.18. The van der Waals surface area contributed by atoms with Crippen LogP contribution in [0, 0.1) is 0 Å². The first-order valence-corrected chi connectivity index (χ1v) is 4.99. The maximum Gasteiger partial charge on any atom is 0.249 e. The maximum absolute atomic E-state index is 11.9. The van der Waals surface area contributed by atoms with E-state index in [4.69, 9.17) is 0 Å². The average Bonchev–Trinajstić information content (AvgIpc) is 2.77. The first-order valence-electron chi connectivity index (χ1n) is 4.99. The zero-order valence-electron chi connectivity index (χ0n) is 7.84. The number of hydrogen-bond acceptors (Lipinski definition) is 2. The van der Waals surface area contributed by atoms with Gasteiger partial charge >= 0.3 is 0 Å². The lowest BCUT2D eigenvalue weighted by atomic mass is 9.90. The monoisotopic (exact) mass is 188 g/mol. The molecule has 1 unspecified atom stereocenters. The topological polar surface area (TPSA) is 41.1 Å². The smallest absolute Gasteiger partial charge is 0.249 e. The van der Waals surface area contributed by atoms with Crippen LogP contribution < -0.4 is 10.6 Å². The zero-order valence-corrected chi connectivity index (χ0v) is 7.84. The summed E-state index contributed by atoms with van der Waals surface area (Å²) >= 11 is 0. The highest BCUT2D eigenvalue weighted by atomic mass is 16.2. The molecule has 1 amide bonds. The van der Waals surface area contributed by atoms with E-state index < -0.39 is 5.54 Å². The van der Waals surface area contributed by atoms with Gasteiger partial charge in [-0.2, -0.15) is 0 Å². The molecule has 1 spiro atoms. The van der Waals surface area contributed by atoms with Gasteiger partial charge in [-0.1, -0.05) is 18.2 Å². The molecule has 1 saturated heterocycles. The Bertz CT molecular complexity index is 394. The fourth-order valence-corrected chi connectivity index (χ4v) is 2.48. The molecule has 0 bridgehead atoms. The molecule has 1 aromatic carbocycles. The summed E-state index contributed by atoms with van der Waals surface area (Å²) < 4.78 is 0. The number of carbonyl (C=O) groups excluding carboxylic acids is 1. The third-order valence-electron chi connectivity index (χ3n) is 3.18. The molecule has 14 heavy (non-hydrogen) atoms. The highest BCUT2D eigenvalue weighted by Gasteiger charge is 2.48. The SMILES string of the molecule is O=C1Nc2ccccc2C12CCCN2. The molecule has 2 heterocycles. The lowest BCUT2D eigenvalue weighted by Crippen LogP contribution is -2.43. The van der Waals surface area contributed by atoms with E-state index in [9.17, 15) is 4.79 Å². The Morgan fingerprint density at radius 1 is 1.29 bits per heavy atom. The number of hydrogen-bond donors (Lipinski definition) is 2. The van der Waals surface area contributed by atoms with Gasteiger partial charge in [0.05, 0.1) is 0 Å². The van der Waals surface area contributed by atoms with Crippen LogP contribution in [0.15, 0.2) is 24.3 Å². The Morgan fingerprint density at radius 3 is 2.93 bits per heavy atom. The molecule has 2 N–H and O–H groups in total. The van der Waals surface area contributed by atoms with Crippen LogP contribution >= 0.6 is 0 Å². The predicted octanol–water partition coefficient (Wildman–Crippen LogP) is 1.22. The molecule has 72 valence electrons. The molecule has 3 rings (SSSR count). The second kappa shape index (κ2) is 2.58. The second-order valence-corrected chi connectivity index (χ2v) is 3.94. The van der Waals surface area contributed by atoms with Crippen molar-refractivity contribution < 1.29 is 4.79 Å². The quantitative estimate of drug-likeness (QED) is 0.642.